The van der Waals surface area contributed by atoms with E-state index >= 15 is 0 Å². The maximum atomic E-state index is 13.2. The molecule has 0 aliphatic carbocycles. The molecule has 1 saturated heterocycles. The lowest BCUT2D eigenvalue weighted by Crippen LogP contribution is -2.52. The van der Waals surface area contributed by atoms with E-state index in [0.29, 0.717) is 44.0 Å². The molecule has 31 heavy (non-hydrogen) atoms. The molecule has 0 N–H and O–H groups in total. The van der Waals surface area contributed by atoms with Gasteiger partial charge in [0, 0.05) is 39.1 Å². The summed E-state index contributed by atoms with van der Waals surface area (Å²) in [6, 6.07) is 14.8. The summed E-state index contributed by atoms with van der Waals surface area (Å²) in [5.74, 6) is 1.12. The van der Waals surface area contributed by atoms with Crippen molar-refractivity contribution in [2.45, 2.75) is 12.5 Å². The van der Waals surface area contributed by atoms with Crippen LogP contribution in [0.2, 0.25) is 0 Å². The molecule has 1 fully saturated rings. The van der Waals surface area contributed by atoms with Crippen molar-refractivity contribution in [3.05, 3.63) is 48.5 Å². The molecular formula is C22H27N3O5S. The number of para-hydroxylation sites is 4. The second-order valence-electron chi connectivity index (χ2n) is 7.68. The third-order valence-corrected chi connectivity index (χ3v) is 6.87. The van der Waals surface area contributed by atoms with Crippen LogP contribution in [0.25, 0.3) is 0 Å². The van der Waals surface area contributed by atoms with E-state index in [9.17, 15) is 13.2 Å². The molecule has 0 aromatic heterocycles. The highest BCUT2D eigenvalue weighted by Crippen LogP contribution is 2.34. The second-order valence-corrected chi connectivity index (χ2v) is 9.59. The van der Waals surface area contributed by atoms with Gasteiger partial charge in [0.05, 0.1) is 24.7 Å². The number of anilines is 2. The Balaban J connectivity index is 1.46. The smallest absolute Gasteiger partial charge is 0.263 e. The van der Waals surface area contributed by atoms with Gasteiger partial charge in [-0.3, -0.25) is 9.10 Å². The maximum absolute atomic E-state index is 13.2. The Morgan fingerprint density at radius 1 is 0.968 bits per heavy atom. The highest BCUT2D eigenvalue weighted by atomic mass is 32.2. The van der Waals surface area contributed by atoms with E-state index in [1.807, 2.05) is 24.3 Å². The summed E-state index contributed by atoms with van der Waals surface area (Å²) in [7, 11) is -1.82. The van der Waals surface area contributed by atoms with Crippen LogP contribution in [-0.2, 0) is 14.8 Å². The van der Waals surface area contributed by atoms with Crippen molar-refractivity contribution in [1.29, 1.82) is 0 Å². The van der Waals surface area contributed by atoms with Crippen LogP contribution in [0, 0.1) is 0 Å². The number of hydrogen-bond acceptors (Lipinski definition) is 6. The van der Waals surface area contributed by atoms with Gasteiger partial charge in [0.25, 0.3) is 5.91 Å². The fraction of sp³-hybridized carbons (Fsp3) is 0.409. The highest BCUT2D eigenvalue weighted by Gasteiger charge is 2.34. The molecule has 9 heteroatoms. The van der Waals surface area contributed by atoms with E-state index in [2.05, 4.69) is 4.90 Å². The normalized spacial score (nSPS) is 19.3. The predicted molar refractivity (Wildman–Crippen MR) is 119 cm³/mol. The number of carbonyl (C=O) groups excluding carboxylic acids is 1. The van der Waals surface area contributed by atoms with Gasteiger partial charge in [-0.2, -0.15) is 0 Å². The number of fused-ring (bicyclic) bond motifs is 1. The van der Waals surface area contributed by atoms with Crippen molar-refractivity contribution in [3.63, 3.8) is 0 Å². The highest BCUT2D eigenvalue weighted by molar-refractivity contribution is 7.92. The molecule has 0 unspecified atom stereocenters. The molecule has 2 aliphatic heterocycles. The molecule has 4 rings (SSSR count). The first-order chi connectivity index (χ1) is 14.9. The largest absolute Gasteiger partial charge is 0.495 e. The summed E-state index contributed by atoms with van der Waals surface area (Å²) in [6.45, 7) is 2.70. The molecule has 0 spiro atoms. The topological polar surface area (TPSA) is 79.4 Å². The zero-order chi connectivity index (χ0) is 22.0. The van der Waals surface area contributed by atoms with E-state index in [-0.39, 0.29) is 12.5 Å². The van der Waals surface area contributed by atoms with E-state index in [1.54, 1.807) is 36.3 Å². The number of rotatable bonds is 4. The molecule has 2 aliphatic rings. The Morgan fingerprint density at radius 2 is 1.61 bits per heavy atom. The first-order valence-electron chi connectivity index (χ1n) is 10.3. The van der Waals surface area contributed by atoms with Crippen molar-refractivity contribution in [2.24, 2.45) is 0 Å². The minimum absolute atomic E-state index is 0.107. The zero-order valence-corrected chi connectivity index (χ0v) is 18.5. The Labute approximate surface area is 183 Å². The summed E-state index contributed by atoms with van der Waals surface area (Å²) in [5, 5.41) is 0. The van der Waals surface area contributed by atoms with Crippen molar-refractivity contribution < 1.29 is 22.7 Å². The summed E-state index contributed by atoms with van der Waals surface area (Å²) >= 11 is 0. The summed E-state index contributed by atoms with van der Waals surface area (Å²) in [4.78, 5) is 17.2. The van der Waals surface area contributed by atoms with Crippen LogP contribution in [0.4, 0.5) is 11.4 Å². The Kier molecular flexibility index (Phi) is 5.95. The fourth-order valence-corrected chi connectivity index (χ4v) is 5.06. The molecular weight excluding hydrogens is 418 g/mol. The third-order valence-electron chi connectivity index (χ3n) is 5.69. The minimum atomic E-state index is -3.47. The lowest BCUT2D eigenvalue weighted by Gasteiger charge is -2.37. The van der Waals surface area contributed by atoms with Crippen LogP contribution in [-0.4, -0.2) is 71.4 Å². The Hall–Kier alpha value is -2.94. The molecule has 0 radical (unpaired) electrons. The van der Waals surface area contributed by atoms with Gasteiger partial charge < -0.3 is 19.3 Å². The number of ether oxygens (including phenoxy) is 2. The fourth-order valence-electron chi connectivity index (χ4n) is 4.11. The standard InChI is InChI=1S/C22H27N3O5S/c1-29-19-9-5-3-7-17(19)23-13-15-24(16-14-23)22(26)21-11-12-25(31(2,27)28)18-8-4-6-10-20(18)30-21/h3-10,21H,11-16H2,1-2H3/t21-/m1/s1. The zero-order valence-electron chi connectivity index (χ0n) is 17.7. The second kappa shape index (κ2) is 8.66. The van der Waals surface area contributed by atoms with Crippen LogP contribution >= 0.6 is 0 Å². The predicted octanol–water partition coefficient (Wildman–Crippen LogP) is 1.96. The van der Waals surface area contributed by atoms with Gasteiger partial charge in [-0.25, -0.2) is 8.42 Å². The van der Waals surface area contributed by atoms with E-state index in [4.69, 9.17) is 9.47 Å². The molecule has 166 valence electrons. The average Bonchev–Trinajstić information content (AvgIpc) is 2.98. The number of piperazine rings is 1. The molecule has 1 atom stereocenters. The van der Waals surface area contributed by atoms with E-state index < -0.39 is 16.1 Å². The Bertz CT molecular complexity index is 1050. The summed E-state index contributed by atoms with van der Waals surface area (Å²) in [6.07, 6.45) is 0.752. The van der Waals surface area contributed by atoms with Gasteiger partial charge in [0.2, 0.25) is 10.0 Å². The maximum Gasteiger partial charge on any atom is 0.263 e. The molecule has 0 bridgehead atoms. The van der Waals surface area contributed by atoms with E-state index in [0.717, 1.165) is 11.4 Å². The van der Waals surface area contributed by atoms with Crippen LogP contribution in [0.5, 0.6) is 11.5 Å². The first-order valence-corrected chi connectivity index (χ1v) is 12.1. The van der Waals surface area contributed by atoms with Crippen molar-refractivity contribution in [2.75, 3.05) is 55.3 Å². The Morgan fingerprint density at radius 3 is 2.29 bits per heavy atom. The SMILES string of the molecule is COc1ccccc1N1CCN(C(=O)[C@H]2CCN(S(C)(=O)=O)c3ccccc3O2)CC1. The van der Waals surface area contributed by atoms with Gasteiger partial charge in [-0.1, -0.05) is 24.3 Å². The van der Waals surface area contributed by atoms with Gasteiger partial charge in [0.1, 0.15) is 11.5 Å². The van der Waals surface area contributed by atoms with E-state index in [1.165, 1.54) is 10.6 Å². The van der Waals surface area contributed by atoms with Gasteiger partial charge in [-0.05, 0) is 24.3 Å². The molecule has 0 saturated carbocycles. The quantitative estimate of drug-likeness (QED) is 0.716. The molecule has 8 nitrogen and oxygen atoms in total. The van der Waals surface area contributed by atoms with Gasteiger partial charge in [0.15, 0.2) is 6.10 Å². The number of sulfonamides is 1. The number of benzene rings is 2. The lowest BCUT2D eigenvalue weighted by molar-refractivity contribution is -0.139. The number of carbonyl (C=O) groups is 1. The number of amides is 1. The molecule has 2 heterocycles. The third kappa shape index (κ3) is 4.41. The van der Waals surface area contributed by atoms with Crippen LogP contribution < -0.4 is 18.7 Å². The van der Waals surface area contributed by atoms with Crippen LogP contribution in [0.3, 0.4) is 0 Å². The lowest BCUT2D eigenvalue weighted by atomic mass is 10.2. The van der Waals surface area contributed by atoms with Crippen molar-refractivity contribution in [1.82, 2.24) is 4.90 Å². The van der Waals surface area contributed by atoms with Gasteiger partial charge >= 0.3 is 0 Å². The first kappa shape index (κ1) is 21.3. The average molecular weight is 446 g/mol. The monoisotopic (exact) mass is 445 g/mol. The molecule has 2 aromatic rings. The molecule has 2 aromatic carbocycles. The summed E-state index contributed by atoms with van der Waals surface area (Å²) in [5.41, 5.74) is 1.49. The van der Waals surface area contributed by atoms with Crippen LogP contribution in [0.1, 0.15) is 6.42 Å². The van der Waals surface area contributed by atoms with Crippen molar-refractivity contribution >= 4 is 27.3 Å². The van der Waals surface area contributed by atoms with Crippen LogP contribution in [0.15, 0.2) is 48.5 Å². The number of methoxy groups -OCH3 is 1. The number of hydrogen-bond donors (Lipinski definition) is 0. The van der Waals surface area contributed by atoms with Gasteiger partial charge in [-0.15, -0.1) is 0 Å². The number of nitrogens with zero attached hydrogens (tertiary/aromatic N) is 3. The minimum Gasteiger partial charge on any atom is -0.495 e. The summed E-state index contributed by atoms with van der Waals surface area (Å²) < 4.78 is 37.3. The van der Waals surface area contributed by atoms with Crippen molar-refractivity contribution in [3.8, 4) is 11.5 Å². The molecule has 1 amide bonds.